The van der Waals surface area contributed by atoms with E-state index in [0.29, 0.717) is 0 Å². The van der Waals surface area contributed by atoms with Crippen molar-refractivity contribution in [1.29, 1.82) is 0 Å². The van der Waals surface area contributed by atoms with E-state index in [-0.39, 0.29) is 253 Å². The first-order valence-electron chi connectivity index (χ1n) is 3.27. The van der Waals surface area contributed by atoms with E-state index in [0.717, 1.165) is 0 Å². The summed E-state index contributed by atoms with van der Waals surface area (Å²) in [5, 5.41) is 0. The molecule has 0 aliphatic rings. The van der Waals surface area contributed by atoms with Crippen molar-refractivity contribution in [3.63, 3.8) is 0 Å². The summed E-state index contributed by atoms with van der Waals surface area (Å²) >= 11 is 0. The van der Waals surface area contributed by atoms with Gasteiger partial charge in [-0.25, -0.2) is 0 Å². The van der Waals surface area contributed by atoms with Crippen molar-refractivity contribution >= 4 is 106 Å². The Morgan fingerprint density at radius 2 is 0.250 bits per heavy atom. The van der Waals surface area contributed by atoms with E-state index in [1.807, 2.05) is 0 Å². The Hall–Kier alpha value is 8.27. The Labute approximate surface area is 356 Å². The second-order valence-electron chi connectivity index (χ2n) is 2.00. The van der Waals surface area contributed by atoms with Gasteiger partial charge in [-0.2, -0.15) is 0 Å². The molecule has 0 saturated carbocycles. The van der Waals surface area contributed by atoms with Crippen molar-refractivity contribution in [3.05, 3.63) is 0 Å². The smallest absolute Gasteiger partial charge is 0.894 e. The zero-order valence-corrected chi connectivity index (χ0v) is 34.8. The quantitative estimate of drug-likeness (QED) is 0.228. The second-order valence-corrected chi connectivity index (χ2v) is 6.00. The van der Waals surface area contributed by atoms with Crippen LogP contribution in [0.5, 0.6) is 0 Å². The predicted molar refractivity (Wildman–Crippen MR) is 46.0 cm³/mol. The van der Waals surface area contributed by atoms with Gasteiger partial charge in [0.1, 0.15) is 0 Å². The van der Waals surface area contributed by atoms with Crippen LogP contribution in [0, 0.1) is 0 Å². The maximum absolute atomic E-state index is 8.58. The zero-order valence-electron chi connectivity index (χ0n) is 14.8. The first kappa shape index (κ1) is 76.6. The van der Waals surface area contributed by atoms with Crippen LogP contribution in [-0.4, -0.2) is 106 Å². The Morgan fingerprint density at radius 1 is 0.250 bits per heavy atom. The third kappa shape index (κ3) is 555. The Kier molecular flexibility index (Phi) is 109. The maximum atomic E-state index is 8.58. The number of rotatable bonds is 0. The molecule has 0 rings (SSSR count). The van der Waals surface area contributed by atoms with E-state index >= 15 is 0 Å². The van der Waals surface area contributed by atoms with Gasteiger partial charge in [-0.3, -0.25) is 0 Å². The van der Waals surface area contributed by atoms with E-state index in [4.69, 9.17) is 76.7 Å². The van der Waals surface area contributed by atoms with Crippen molar-refractivity contribution in [2.45, 2.75) is 0 Å². The summed E-state index contributed by atoms with van der Waals surface area (Å²) in [7, 11) is -22.4. The van der Waals surface area contributed by atoms with Crippen molar-refractivity contribution < 1.29 is 260 Å². The molecule has 0 N–H and O–H groups in total. The number of hydrogen-bond acceptors (Lipinski definition) is 16. The summed E-state index contributed by atoms with van der Waals surface area (Å²) in [6, 6.07) is 0. The van der Waals surface area contributed by atoms with Crippen molar-refractivity contribution in [2.75, 3.05) is 0 Å². The molecule has 0 bridgehead atoms. The first-order chi connectivity index (χ1) is 8.00. The van der Waals surface area contributed by atoms with E-state index in [9.17, 15) is 0 Å². The molecular formula is Al4K3NaO16Si4-12. The summed E-state index contributed by atoms with van der Waals surface area (Å²) in [5.74, 6) is 0. The van der Waals surface area contributed by atoms with Crippen LogP contribution >= 0.6 is 0 Å². The summed E-state index contributed by atoms with van der Waals surface area (Å²) in [4.78, 5) is 137. The first-order valence-corrected chi connectivity index (χ1v) is 9.80. The summed E-state index contributed by atoms with van der Waals surface area (Å²) < 4.78 is 0. The molecule has 0 fully saturated rings. The third-order valence-corrected chi connectivity index (χ3v) is 0. The minimum Gasteiger partial charge on any atom is -0.894 e. The van der Waals surface area contributed by atoms with Crippen molar-refractivity contribution in [3.8, 4) is 0 Å². The van der Waals surface area contributed by atoms with E-state index in [1.54, 1.807) is 0 Å². The fourth-order valence-electron chi connectivity index (χ4n) is 0. The minimum atomic E-state index is -5.61. The molecule has 28 heavy (non-hydrogen) atoms. The van der Waals surface area contributed by atoms with Crippen LogP contribution in [0.4, 0.5) is 0 Å². The molecule has 0 aliphatic heterocycles. The molecule has 0 atom stereocenters. The standard InChI is InChI=1S/4Al.3K.Na.4O4Si/c;;;;;;;;4*1-5(2,3)4/q;;;;4*+1;4*-4. The van der Waals surface area contributed by atoms with Gasteiger partial charge in [0.25, 0.3) is 0 Å². The van der Waals surface area contributed by atoms with Crippen molar-refractivity contribution in [2.24, 2.45) is 0 Å². The van der Waals surface area contributed by atoms with Gasteiger partial charge >= 0.3 is 184 Å². The van der Waals surface area contributed by atoms with Crippen LogP contribution in [0.3, 0.4) is 0 Å². The minimum absolute atomic E-state index is 0. The van der Waals surface area contributed by atoms with Gasteiger partial charge in [-0.05, 0) is 0 Å². The molecule has 0 saturated heterocycles. The van der Waals surface area contributed by atoms with Gasteiger partial charge in [-0.15, -0.1) is 0 Å². The molecular weight excluding hydrogens is 617 g/mol. The topological polar surface area (TPSA) is 369 Å². The molecule has 0 spiro atoms. The average Bonchev–Trinajstić information content (AvgIpc) is 1.62. The molecule has 0 unspecified atom stereocenters. The second kappa shape index (κ2) is 39.8. The van der Waals surface area contributed by atoms with Gasteiger partial charge in [0.15, 0.2) is 0 Å². The Morgan fingerprint density at radius 3 is 0.250 bits per heavy atom. The third-order valence-electron chi connectivity index (χ3n) is 0. The normalized spacial score (nSPS) is 8.57. The van der Waals surface area contributed by atoms with Crippen LogP contribution in [0.25, 0.3) is 0 Å². The van der Waals surface area contributed by atoms with Crippen LogP contribution in [0.2, 0.25) is 0 Å². The monoisotopic (exact) mass is 616 g/mol. The summed E-state index contributed by atoms with van der Waals surface area (Å²) in [5.41, 5.74) is 0. The zero-order chi connectivity index (χ0) is 18.0. The largest absolute Gasteiger partial charge is 1.00 e. The molecule has 12 radical (unpaired) electrons. The van der Waals surface area contributed by atoms with Crippen LogP contribution in [0.15, 0.2) is 0 Å². The van der Waals surface area contributed by atoms with Crippen LogP contribution in [-0.2, 0) is 0 Å². The summed E-state index contributed by atoms with van der Waals surface area (Å²) in [6.45, 7) is 0. The van der Waals surface area contributed by atoms with Crippen LogP contribution in [0.1, 0.15) is 0 Å². The van der Waals surface area contributed by atoms with Crippen molar-refractivity contribution in [1.82, 2.24) is 0 Å². The fraction of sp³-hybridized carbons (Fsp3) is 0. The summed E-state index contributed by atoms with van der Waals surface area (Å²) in [6.07, 6.45) is 0. The maximum Gasteiger partial charge on any atom is 1.00 e. The SMILES string of the molecule is [Al].[Al].[Al].[Al].[K+].[K+].[K+].[Na+].[O-][Si]([O-])([O-])[O-].[O-][Si]([O-])([O-])[O-].[O-][Si]([O-])([O-])[O-].[O-][Si]([O-])([O-])[O-]. The molecule has 28 heteroatoms. The molecule has 16 nitrogen and oxygen atoms in total. The predicted octanol–water partition coefficient (Wildman–Crippen LogP) is -34.1. The number of hydrogen-bond donors (Lipinski definition) is 0. The van der Waals surface area contributed by atoms with E-state index < -0.39 is 36.2 Å². The van der Waals surface area contributed by atoms with Gasteiger partial charge in [-0.1, -0.05) is 0 Å². The Bertz CT molecular complexity index is 160. The molecule has 0 amide bonds. The van der Waals surface area contributed by atoms with Gasteiger partial charge in [0, 0.05) is 69.4 Å². The molecule has 0 heterocycles. The average molecular weight is 617 g/mol. The van der Waals surface area contributed by atoms with Gasteiger partial charge in [0.05, 0.1) is 0 Å². The van der Waals surface area contributed by atoms with Crippen LogP contribution < -0.4 is 260 Å². The van der Waals surface area contributed by atoms with Gasteiger partial charge in [0.2, 0.25) is 0 Å². The molecule has 140 valence electrons. The van der Waals surface area contributed by atoms with Gasteiger partial charge < -0.3 is 113 Å². The molecule has 0 aromatic rings. The fourth-order valence-corrected chi connectivity index (χ4v) is 0. The molecule has 0 aliphatic carbocycles. The van der Waals surface area contributed by atoms with E-state index in [1.165, 1.54) is 0 Å². The molecule has 0 aromatic carbocycles. The Balaban J connectivity index is -0.0000000111. The van der Waals surface area contributed by atoms with E-state index in [2.05, 4.69) is 0 Å². The molecule has 0 aromatic heterocycles.